The van der Waals surface area contributed by atoms with Gasteiger partial charge in [-0.05, 0) is 6.07 Å². The van der Waals surface area contributed by atoms with Crippen LogP contribution in [0.1, 0.15) is 6.23 Å². The van der Waals surface area contributed by atoms with Crippen molar-refractivity contribution in [3.05, 3.63) is 27.4 Å². The summed E-state index contributed by atoms with van der Waals surface area (Å²) in [5.41, 5.74) is -4.27. The molecule has 0 amide bonds. The van der Waals surface area contributed by atoms with E-state index in [0.717, 1.165) is 12.3 Å². The van der Waals surface area contributed by atoms with E-state index in [1.807, 2.05) is 0 Å². The highest BCUT2D eigenvalue weighted by Crippen LogP contribution is 2.66. The van der Waals surface area contributed by atoms with Gasteiger partial charge in [-0.25, -0.2) is 27.3 Å². The van der Waals surface area contributed by atoms with Gasteiger partial charge >= 0.3 is 29.2 Å². The number of nitrogens with zero attached hydrogens (tertiary/aromatic N) is 1. The van der Waals surface area contributed by atoms with Gasteiger partial charge in [-0.1, -0.05) is 12.2 Å². The molecule has 1 aromatic rings. The van der Waals surface area contributed by atoms with E-state index >= 15 is 4.39 Å². The van der Waals surface area contributed by atoms with Crippen molar-refractivity contribution < 1.29 is 70.1 Å². The second-order valence-corrected chi connectivity index (χ2v) is 11.0. The van der Waals surface area contributed by atoms with Crippen molar-refractivity contribution in [3.63, 3.8) is 0 Å². The predicted octanol–water partition coefficient (Wildman–Crippen LogP) is -0.495. The van der Waals surface area contributed by atoms with Crippen molar-refractivity contribution in [1.82, 2.24) is 9.55 Å². The van der Waals surface area contributed by atoms with Gasteiger partial charge < -0.3 is 34.5 Å². The van der Waals surface area contributed by atoms with Crippen LogP contribution in [0, 0.1) is 4.64 Å². The van der Waals surface area contributed by atoms with E-state index in [1.165, 1.54) is 0 Å². The maximum Gasteiger partial charge on any atom is 0.490 e. The summed E-state index contributed by atoms with van der Waals surface area (Å²) in [6, 6.07) is 1.06. The van der Waals surface area contributed by atoms with E-state index in [2.05, 4.69) is 35.1 Å². The fraction of sp³-hybridized carbons (Fsp3) is 0.600. The first-order chi connectivity index (χ1) is 14.3. The van der Waals surface area contributed by atoms with Crippen LogP contribution in [0.25, 0.3) is 0 Å². The van der Waals surface area contributed by atoms with Crippen LogP contribution in [-0.2, 0) is 31.6 Å². The third kappa shape index (κ3) is 6.22. The maximum atomic E-state index is 15.1. The molecule has 7 N–H and O–H groups in total. The Morgan fingerprint density at radius 1 is 1.22 bits per heavy atom. The summed E-state index contributed by atoms with van der Waals surface area (Å²) in [5.74, 6) is -3.72. The molecule has 2 heterocycles. The fourth-order valence-electron chi connectivity index (χ4n) is 2.49. The summed E-state index contributed by atoms with van der Waals surface area (Å²) in [6.07, 6.45) is -4.28. The highest BCUT2D eigenvalue weighted by Gasteiger charge is 2.66. The molecule has 0 spiro atoms. The van der Waals surface area contributed by atoms with Crippen LogP contribution in [0.15, 0.2) is 17.1 Å². The zero-order valence-corrected chi connectivity index (χ0v) is 18.6. The molecule has 0 aliphatic carbocycles. The molecule has 6 atom stereocenters. The number of aliphatic hydroxyl groups excluding tert-OH is 1. The summed E-state index contributed by atoms with van der Waals surface area (Å²) < 4.78 is 78.1. The minimum absolute atomic E-state index is 0.104. The van der Waals surface area contributed by atoms with Gasteiger partial charge in [0.05, 0.1) is 0 Å². The summed E-state index contributed by atoms with van der Waals surface area (Å²) >= 11 is 4.68. The third-order valence-electron chi connectivity index (χ3n) is 3.78. The standard InChI is InChI=1S/C10H15F2N2O14P3S/c11-3-9(17)6(15)10(12,26-7(9)14-2-1-5(32)13-8(14)16)4-25-30(21,22)28-31(23,24)27-29(18,19)20/h1-2,6-7,15,17H,3-4H2,(H,21,22)(H,23,24)(H,13,16,32)(H2,18,19,20)/t6?,7-,9-,10-/m1/s1. The number of hydrogen-bond acceptors (Lipinski definition) is 11. The Hall–Kier alpha value is -0.750. The van der Waals surface area contributed by atoms with Crippen molar-refractivity contribution in [3.8, 4) is 0 Å². The van der Waals surface area contributed by atoms with Gasteiger partial charge in [0.1, 0.15) is 17.9 Å². The number of phosphoric acid groups is 3. The van der Waals surface area contributed by atoms with Crippen molar-refractivity contribution in [2.75, 3.05) is 13.3 Å². The number of rotatable bonds is 9. The van der Waals surface area contributed by atoms with Crippen molar-refractivity contribution >= 4 is 35.7 Å². The fourth-order valence-corrected chi connectivity index (χ4v) is 5.68. The van der Waals surface area contributed by atoms with E-state index < -0.39 is 66.2 Å². The van der Waals surface area contributed by atoms with Crippen LogP contribution in [0.5, 0.6) is 0 Å². The van der Waals surface area contributed by atoms with Crippen LogP contribution in [-0.4, -0.2) is 70.2 Å². The molecular weight excluding hydrogens is 535 g/mol. The van der Waals surface area contributed by atoms with Gasteiger partial charge in [0.2, 0.25) is 0 Å². The lowest BCUT2D eigenvalue weighted by molar-refractivity contribution is -0.204. The molecule has 3 unspecified atom stereocenters. The summed E-state index contributed by atoms with van der Waals surface area (Å²) in [4.78, 5) is 49.4. The summed E-state index contributed by atoms with van der Waals surface area (Å²) in [5, 5.41) is 20.4. The number of aliphatic hydroxyl groups is 2. The molecule has 2 rings (SSSR count). The lowest BCUT2D eigenvalue weighted by Crippen LogP contribution is -2.53. The average molecular weight is 550 g/mol. The average Bonchev–Trinajstić information content (AvgIpc) is 2.80. The van der Waals surface area contributed by atoms with Gasteiger partial charge in [-0.15, -0.1) is 0 Å². The molecule has 0 saturated carbocycles. The first-order valence-electron chi connectivity index (χ1n) is 7.77. The number of ether oxygens (including phenoxy) is 1. The van der Waals surface area contributed by atoms with Gasteiger partial charge in [-0.2, -0.15) is 8.62 Å². The zero-order valence-electron chi connectivity index (χ0n) is 15.1. The first kappa shape index (κ1) is 27.5. The Kier molecular flexibility index (Phi) is 7.84. The Labute approximate surface area is 180 Å². The number of nitrogens with one attached hydrogen (secondary N) is 1. The van der Waals surface area contributed by atoms with Gasteiger partial charge in [0.25, 0.3) is 5.85 Å². The quantitative estimate of drug-likeness (QED) is 0.151. The van der Waals surface area contributed by atoms with Gasteiger partial charge in [0.15, 0.2) is 17.9 Å². The molecule has 22 heteroatoms. The second kappa shape index (κ2) is 9.13. The molecule has 16 nitrogen and oxygen atoms in total. The van der Waals surface area contributed by atoms with Gasteiger partial charge in [-0.3, -0.25) is 14.1 Å². The SMILES string of the molecule is O=c1[nH]c(=S)ccn1[C@@H]1O[C@](F)(COP(=O)(O)OP(=O)(O)OP(=O)(O)O)C(O)[C@]1(O)CF. The monoisotopic (exact) mass is 550 g/mol. The molecule has 1 fully saturated rings. The maximum absolute atomic E-state index is 15.1. The molecular formula is C10H15F2N2O14P3S. The highest BCUT2D eigenvalue weighted by atomic mass is 32.1. The highest BCUT2D eigenvalue weighted by molar-refractivity contribution is 7.71. The van der Waals surface area contributed by atoms with Crippen LogP contribution >= 0.6 is 35.7 Å². The van der Waals surface area contributed by atoms with Crippen LogP contribution in [0.3, 0.4) is 0 Å². The number of H-pyrrole nitrogens is 1. The Morgan fingerprint density at radius 3 is 2.31 bits per heavy atom. The number of halogens is 2. The van der Waals surface area contributed by atoms with Gasteiger partial charge in [0, 0.05) is 6.20 Å². The third-order valence-corrected chi connectivity index (χ3v) is 7.80. The number of hydrogen-bond donors (Lipinski definition) is 7. The molecule has 1 saturated heterocycles. The molecule has 0 aromatic carbocycles. The smallest absolute Gasteiger partial charge is 0.384 e. The lowest BCUT2D eigenvalue weighted by Gasteiger charge is -2.28. The minimum atomic E-state index is -5.93. The predicted molar refractivity (Wildman–Crippen MR) is 96.6 cm³/mol. The number of aromatic nitrogens is 2. The first-order valence-corrected chi connectivity index (χ1v) is 12.7. The van der Waals surface area contributed by atoms with E-state index in [1.54, 1.807) is 0 Å². The van der Waals surface area contributed by atoms with E-state index in [-0.39, 0.29) is 4.64 Å². The lowest BCUT2D eigenvalue weighted by atomic mass is 9.94. The Bertz CT molecular complexity index is 1120. The molecule has 0 radical (unpaired) electrons. The topological polar surface area (TPSA) is 247 Å². The number of alkyl halides is 2. The molecule has 1 aromatic heterocycles. The van der Waals surface area contributed by atoms with E-state index in [9.17, 15) is 38.0 Å². The summed E-state index contributed by atoms with van der Waals surface area (Å²) in [7, 11) is -17.5. The Balaban J connectivity index is 2.27. The largest absolute Gasteiger partial charge is 0.490 e. The normalized spacial score (nSPS) is 32.4. The molecule has 32 heavy (non-hydrogen) atoms. The molecule has 0 bridgehead atoms. The van der Waals surface area contributed by atoms with E-state index in [0.29, 0.717) is 4.57 Å². The van der Waals surface area contributed by atoms with Crippen molar-refractivity contribution in [2.45, 2.75) is 23.8 Å². The second-order valence-electron chi connectivity index (χ2n) is 6.17. The van der Waals surface area contributed by atoms with Crippen LogP contribution in [0.2, 0.25) is 0 Å². The van der Waals surface area contributed by atoms with Crippen LogP contribution in [0.4, 0.5) is 8.78 Å². The molecule has 1 aliphatic heterocycles. The zero-order chi connectivity index (χ0) is 24.8. The molecule has 184 valence electrons. The molecule has 1 aliphatic rings. The number of phosphoric ester groups is 1. The minimum Gasteiger partial charge on any atom is -0.384 e. The van der Waals surface area contributed by atoms with Crippen molar-refractivity contribution in [2.24, 2.45) is 0 Å². The van der Waals surface area contributed by atoms with Crippen LogP contribution < -0.4 is 5.69 Å². The number of aromatic amines is 1. The van der Waals surface area contributed by atoms with Crippen molar-refractivity contribution in [1.29, 1.82) is 0 Å². The Morgan fingerprint density at radius 2 is 1.81 bits per heavy atom. The van der Waals surface area contributed by atoms with E-state index in [4.69, 9.17) is 14.7 Å². The summed E-state index contributed by atoms with van der Waals surface area (Å²) in [6.45, 7) is -3.78.